The zero-order valence-corrected chi connectivity index (χ0v) is 16.4. The van der Waals surface area contributed by atoms with Crippen LogP contribution in [0.3, 0.4) is 0 Å². The average molecular weight is 470 g/mol. The number of aromatic amines is 1. The molecule has 16 nitrogen and oxygen atoms in total. The molecular formula is C9H17N2O14P3. The van der Waals surface area contributed by atoms with Crippen LogP contribution in [-0.2, 0) is 27.0 Å². The first-order chi connectivity index (χ1) is 12.7. The number of aliphatic hydroxyl groups is 1. The van der Waals surface area contributed by atoms with Gasteiger partial charge in [-0.3, -0.25) is 0 Å². The van der Waals surface area contributed by atoms with E-state index >= 15 is 0 Å². The molecule has 1 fully saturated rings. The molecule has 1 aromatic rings. The Kier molecular flexibility index (Phi) is 7.12. The Morgan fingerprint density at radius 3 is 2.50 bits per heavy atom. The third-order valence-corrected chi connectivity index (χ3v) is 7.34. The van der Waals surface area contributed by atoms with E-state index in [2.05, 4.69) is 13.1 Å². The van der Waals surface area contributed by atoms with Crippen molar-refractivity contribution in [2.24, 2.45) is 0 Å². The Balaban J connectivity index is 1.98. The first kappa shape index (κ1) is 23.4. The fraction of sp³-hybridized carbons (Fsp3) is 0.556. The number of aromatic nitrogens is 2. The monoisotopic (exact) mass is 470 g/mol. The van der Waals surface area contributed by atoms with Crippen molar-refractivity contribution in [3.63, 3.8) is 0 Å². The van der Waals surface area contributed by atoms with Crippen molar-refractivity contribution < 1.29 is 56.6 Å². The molecule has 0 radical (unpaired) electrons. The topological polar surface area (TPSA) is 247 Å². The Bertz CT molecular complexity index is 906. The zero-order valence-electron chi connectivity index (χ0n) is 13.6. The van der Waals surface area contributed by atoms with Gasteiger partial charge in [-0.05, 0) is 0 Å². The Morgan fingerprint density at radius 2 is 1.93 bits per heavy atom. The van der Waals surface area contributed by atoms with Gasteiger partial charge in [0.05, 0.1) is 0 Å². The van der Waals surface area contributed by atoms with Crippen molar-refractivity contribution in [3.8, 4) is 0 Å². The maximum absolute atomic E-state index is 11.7. The molecule has 1 saturated heterocycles. The van der Waals surface area contributed by atoms with Crippen LogP contribution in [0.2, 0.25) is 0 Å². The Hall–Kier alpha value is -0.830. The molecule has 162 valence electrons. The van der Waals surface area contributed by atoms with Crippen LogP contribution in [0, 0.1) is 0 Å². The molecule has 0 amide bonds. The quantitative estimate of drug-likeness (QED) is 0.200. The van der Waals surface area contributed by atoms with Gasteiger partial charge in [0.15, 0.2) is 0 Å². The van der Waals surface area contributed by atoms with Gasteiger partial charge in [-0.15, -0.1) is 0 Å². The molecule has 0 saturated carbocycles. The van der Waals surface area contributed by atoms with Crippen LogP contribution in [0.1, 0.15) is 12.6 Å². The van der Waals surface area contributed by atoms with Crippen molar-refractivity contribution in [2.45, 2.75) is 24.9 Å². The van der Waals surface area contributed by atoms with Crippen LogP contribution in [0.25, 0.3) is 0 Å². The third-order valence-electron chi connectivity index (χ3n) is 3.25. The van der Waals surface area contributed by atoms with Crippen LogP contribution in [-0.4, -0.2) is 57.9 Å². The number of nitrogens with one attached hydrogen (secondary N) is 1. The number of hydrogen-bond acceptors (Lipinski definition) is 11. The molecule has 2 heterocycles. The fourth-order valence-electron chi connectivity index (χ4n) is 2.21. The summed E-state index contributed by atoms with van der Waals surface area (Å²) in [6.45, 7) is -0.801. The van der Waals surface area contributed by atoms with Crippen LogP contribution >= 0.6 is 23.8 Å². The van der Waals surface area contributed by atoms with E-state index in [4.69, 9.17) is 19.4 Å². The number of hydrogen-bond donors (Lipinski definition) is 7. The zero-order chi connectivity index (χ0) is 21.3. The second-order valence-electron chi connectivity index (χ2n) is 5.44. The molecule has 0 spiro atoms. The van der Waals surface area contributed by atoms with Crippen LogP contribution in [0.5, 0.6) is 0 Å². The van der Waals surface area contributed by atoms with Gasteiger partial charge in [0.1, 0.15) is 0 Å². The predicted molar refractivity (Wildman–Crippen MR) is 88.6 cm³/mol. The summed E-state index contributed by atoms with van der Waals surface area (Å²) in [5.41, 5.74) is -1.47. The first-order valence-electron chi connectivity index (χ1n) is 7.21. The maximum atomic E-state index is 11.7. The van der Waals surface area contributed by atoms with Gasteiger partial charge < -0.3 is 0 Å². The summed E-state index contributed by atoms with van der Waals surface area (Å²) in [7, 11) is -16.5. The average Bonchev–Trinajstić information content (AvgIpc) is 2.82. The molecule has 2 rings (SSSR count). The number of rotatable bonds is 8. The molecule has 4 atom stereocenters. The van der Waals surface area contributed by atoms with Gasteiger partial charge in [-0.2, -0.15) is 0 Å². The van der Waals surface area contributed by atoms with E-state index in [1.54, 1.807) is 0 Å². The Morgan fingerprint density at radius 1 is 1.29 bits per heavy atom. The van der Waals surface area contributed by atoms with E-state index in [0.29, 0.717) is 0 Å². The minimum absolute atomic E-state index is 0.147. The van der Waals surface area contributed by atoms with E-state index in [1.807, 2.05) is 4.98 Å². The molecule has 0 aromatic carbocycles. The summed E-state index contributed by atoms with van der Waals surface area (Å²) >= 11 is 0. The number of phosphoric acid groups is 2. The number of ether oxygens (including phenoxy) is 1. The van der Waals surface area contributed by atoms with Gasteiger partial charge in [0.25, 0.3) is 0 Å². The van der Waals surface area contributed by atoms with E-state index in [9.17, 15) is 33.6 Å². The molecule has 0 aliphatic carbocycles. The van der Waals surface area contributed by atoms with Gasteiger partial charge in [0, 0.05) is 0 Å². The summed E-state index contributed by atoms with van der Waals surface area (Å²) < 4.78 is 39.8. The van der Waals surface area contributed by atoms with Crippen molar-refractivity contribution in [1.82, 2.24) is 9.55 Å². The van der Waals surface area contributed by atoms with Crippen molar-refractivity contribution in [1.29, 1.82) is 0 Å². The number of nitrogens with zero attached hydrogens (tertiary/aromatic N) is 1. The third kappa shape index (κ3) is 6.90. The summed E-state index contributed by atoms with van der Waals surface area (Å²) in [4.78, 5) is 69.7. The molecule has 7 N–H and O–H groups in total. The fourth-order valence-corrected chi connectivity index (χ4v) is 5.51. The van der Waals surface area contributed by atoms with Crippen molar-refractivity contribution in [3.05, 3.63) is 33.1 Å². The summed E-state index contributed by atoms with van der Waals surface area (Å²) in [5, 5.41) is 9.94. The Labute approximate surface area is 155 Å². The summed E-state index contributed by atoms with van der Waals surface area (Å²) in [6.07, 6.45) is -2.60. The number of aliphatic hydroxyl groups excluding tert-OH is 1. The normalized spacial score (nSPS) is 26.1. The summed E-state index contributed by atoms with van der Waals surface area (Å²) in [6, 6.07) is 1.04. The second-order valence-corrected chi connectivity index (χ2v) is 10.1. The van der Waals surface area contributed by atoms with Crippen molar-refractivity contribution >= 4 is 23.8 Å². The minimum atomic E-state index is -5.59. The first-order valence-corrected chi connectivity index (χ1v) is 12.0. The summed E-state index contributed by atoms with van der Waals surface area (Å²) in [5.74, 6) is 0. The molecule has 19 heteroatoms. The van der Waals surface area contributed by atoms with E-state index in [0.717, 1.165) is 16.8 Å². The van der Waals surface area contributed by atoms with Gasteiger partial charge >= 0.3 is 155 Å². The molecular weight excluding hydrogens is 453 g/mol. The van der Waals surface area contributed by atoms with Gasteiger partial charge in [-0.1, -0.05) is 0 Å². The number of H-pyrrole nitrogens is 1. The van der Waals surface area contributed by atoms with Gasteiger partial charge in [0.2, 0.25) is 0 Å². The van der Waals surface area contributed by atoms with E-state index in [-0.39, 0.29) is 6.42 Å². The SMILES string of the molecule is O=c1ccn([C@H]2CC(O)[C@@H](CO[PH](O)(O)OP(=O)(O)OP(=O)(O)O)O2)c(=O)[nH]1. The molecule has 0 bridgehead atoms. The molecule has 28 heavy (non-hydrogen) atoms. The molecule has 1 aromatic heterocycles. The van der Waals surface area contributed by atoms with Crippen LogP contribution in [0.15, 0.2) is 21.9 Å². The molecule has 1 aliphatic rings. The van der Waals surface area contributed by atoms with Gasteiger partial charge in [-0.25, -0.2) is 0 Å². The standard InChI is InChI=1S/C9H17N2O14P3/c12-5-3-8(11-2-1-7(13)10-9(11)14)23-6(5)4-22-27(18,19)25-28(20,21)24-26(15,16)17/h1-2,5-6,8,12,18-19,27H,3-4H2,(H,20,21)(H,10,13,14)(H2,15,16,17)/t5?,6-,8-/m1/s1. The van der Waals surface area contributed by atoms with E-state index < -0.39 is 60.1 Å². The van der Waals surface area contributed by atoms with Crippen LogP contribution < -0.4 is 11.2 Å². The predicted octanol–water partition coefficient (Wildman–Crippen LogP) is -2.18. The van der Waals surface area contributed by atoms with Crippen LogP contribution in [0.4, 0.5) is 0 Å². The van der Waals surface area contributed by atoms with E-state index in [1.165, 1.54) is 0 Å². The molecule has 1 aliphatic heterocycles. The second kappa shape index (κ2) is 8.50. The molecule has 2 unspecified atom stereocenters. The van der Waals surface area contributed by atoms with Crippen molar-refractivity contribution in [2.75, 3.05) is 6.61 Å².